The maximum absolute atomic E-state index is 13.7. The van der Waals surface area contributed by atoms with Crippen molar-refractivity contribution in [1.29, 1.82) is 0 Å². The van der Waals surface area contributed by atoms with Crippen molar-refractivity contribution >= 4 is 21.9 Å². The van der Waals surface area contributed by atoms with Gasteiger partial charge in [0.25, 0.3) is 0 Å². The van der Waals surface area contributed by atoms with Crippen LogP contribution in [0, 0.1) is 5.82 Å². The maximum Gasteiger partial charge on any atom is 0.305 e. The molecule has 1 aromatic carbocycles. The predicted molar refractivity (Wildman–Crippen MR) is 64.0 cm³/mol. The van der Waals surface area contributed by atoms with E-state index in [9.17, 15) is 9.18 Å². The van der Waals surface area contributed by atoms with Gasteiger partial charge in [-0.05, 0) is 17.7 Å². The van der Waals surface area contributed by atoms with Crippen LogP contribution in [0.15, 0.2) is 16.6 Å². The number of carboxylic acids is 1. The minimum absolute atomic E-state index is 0.140. The van der Waals surface area contributed by atoms with E-state index in [1.807, 2.05) is 0 Å². The Morgan fingerprint density at radius 1 is 1.65 bits per heavy atom. The number of nitrogens with two attached hydrogens (primary N) is 1. The molecule has 0 radical (unpaired) electrons. The summed E-state index contributed by atoms with van der Waals surface area (Å²) in [5.74, 6) is -1.48. The number of hydrogen-bond acceptors (Lipinski definition) is 3. The first-order valence-electron chi connectivity index (χ1n) is 4.89. The van der Waals surface area contributed by atoms with Crippen LogP contribution in [0.4, 0.5) is 4.39 Å². The van der Waals surface area contributed by atoms with Gasteiger partial charge in [0.15, 0.2) is 0 Å². The highest BCUT2D eigenvalue weighted by molar-refractivity contribution is 9.10. The summed E-state index contributed by atoms with van der Waals surface area (Å²) < 4.78 is 19.1. The van der Waals surface area contributed by atoms with Crippen LogP contribution in [0.3, 0.4) is 0 Å². The van der Waals surface area contributed by atoms with Gasteiger partial charge in [-0.2, -0.15) is 0 Å². The Kier molecular flexibility index (Phi) is 5.04. The van der Waals surface area contributed by atoms with Gasteiger partial charge in [-0.1, -0.05) is 15.9 Å². The molecule has 0 saturated carbocycles. The fourth-order valence-corrected chi connectivity index (χ4v) is 1.99. The smallest absolute Gasteiger partial charge is 0.305 e. The molecule has 0 aliphatic heterocycles. The molecular formula is C11H13BrFNO3. The summed E-state index contributed by atoms with van der Waals surface area (Å²) in [5, 5.41) is 8.62. The van der Waals surface area contributed by atoms with Crippen molar-refractivity contribution < 1.29 is 19.0 Å². The fourth-order valence-electron chi connectivity index (χ4n) is 1.42. The molecule has 1 unspecified atom stereocenters. The van der Waals surface area contributed by atoms with Crippen LogP contribution in [0.25, 0.3) is 0 Å². The van der Waals surface area contributed by atoms with E-state index in [1.54, 1.807) is 6.07 Å². The number of benzene rings is 1. The molecule has 6 heteroatoms. The number of aliphatic carboxylic acids is 1. The number of halogens is 2. The summed E-state index contributed by atoms with van der Waals surface area (Å²) in [5.41, 5.74) is 6.49. The van der Waals surface area contributed by atoms with E-state index in [2.05, 4.69) is 15.9 Å². The van der Waals surface area contributed by atoms with Crippen molar-refractivity contribution in [3.63, 3.8) is 0 Å². The number of carboxylic acid groups (broad SMARTS) is 1. The Morgan fingerprint density at radius 3 is 2.76 bits per heavy atom. The van der Waals surface area contributed by atoms with Crippen molar-refractivity contribution in [2.75, 3.05) is 7.11 Å². The average Bonchev–Trinajstić information content (AvgIpc) is 2.22. The van der Waals surface area contributed by atoms with Crippen LogP contribution in [-0.4, -0.2) is 18.2 Å². The summed E-state index contributed by atoms with van der Waals surface area (Å²) in [4.78, 5) is 10.5. The standard InChI is InChI=1S/C11H13BrFNO3/c1-17-5-7-8(12)2-6(3-9(7)13)10(14)4-11(15)16/h2-3,10H,4-5,14H2,1H3,(H,15,16). The molecule has 0 saturated heterocycles. The minimum Gasteiger partial charge on any atom is -0.481 e. The number of carbonyl (C=O) groups is 1. The molecule has 0 spiro atoms. The molecule has 0 fully saturated rings. The van der Waals surface area contributed by atoms with Crippen LogP contribution < -0.4 is 5.73 Å². The summed E-state index contributed by atoms with van der Waals surface area (Å²) in [6, 6.07) is 2.13. The highest BCUT2D eigenvalue weighted by Crippen LogP contribution is 2.26. The van der Waals surface area contributed by atoms with Crippen molar-refractivity contribution in [1.82, 2.24) is 0 Å². The van der Waals surface area contributed by atoms with Crippen molar-refractivity contribution in [2.45, 2.75) is 19.1 Å². The molecule has 0 aromatic heterocycles. The Balaban J connectivity index is 3.00. The third-order valence-corrected chi connectivity index (χ3v) is 2.98. The molecule has 1 atom stereocenters. The first-order valence-corrected chi connectivity index (χ1v) is 5.69. The van der Waals surface area contributed by atoms with Crippen LogP contribution >= 0.6 is 15.9 Å². The van der Waals surface area contributed by atoms with Crippen molar-refractivity contribution in [3.05, 3.63) is 33.5 Å². The number of rotatable bonds is 5. The van der Waals surface area contributed by atoms with E-state index in [0.29, 0.717) is 15.6 Å². The van der Waals surface area contributed by atoms with Gasteiger partial charge < -0.3 is 15.6 Å². The second-order valence-electron chi connectivity index (χ2n) is 3.60. The van der Waals surface area contributed by atoms with Crippen molar-refractivity contribution in [3.8, 4) is 0 Å². The average molecular weight is 306 g/mol. The molecule has 0 bridgehead atoms. The maximum atomic E-state index is 13.7. The zero-order valence-electron chi connectivity index (χ0n) is 9.24. The molecule has 0 aliphatic rings. The molecule has 0 heterocycles. The lowest BCUT2D eigenvalue weighted by molar-refractivity contribution is -0.137. The van der Waals surface area contributed by atoms with Gasteiger partial charge >= 0.3 is 5.97 Å². The fraction of sp³-hybridized carbons (Fsp3) is 0.364. The molecule has 1 rings (SSSR count). The van der Waals surface area contributed by atoms with Gasteiger partial charge in [-0.3, -0.25) is 4.79 Å². The van der Waals surface area contributed by atoms with E-state index >= 15 is 0 Å². The van der Waals surface area contributed by atoms with Gasteiger partial charge in [-0.25, -0.2) is 4.39 Å². The number of ether oxygens (including phenoxy) is 1. The Morgan fingerprint density at radius 2 is 2.29 bits per heavy atom. The Hall–Kier alpha value is -0.980. The van der Waals surface area contributed by atoms with Gasteiger partial charge in [-0.15, -0.1) is 0 Å². The summed E-state index contributed by atoms with van der Waals surface area (Å²) >= 11 is 3.21. The highest BCUT2D eigenvalue weighted by Gasteiger charge is 2.15. The third-order valence-electron chi connectivity index (χ3n) is 2.27. The summed E-state index contributed by atoms with van der Waals surface area (Å²) in [6.07, 6.45) is -0.241. The zero-order valence-corrected chi connectivity index (χ0v) is 10.8. The third kappa shape index (κ3) is 3.76. The van der Waals surface area contributed by atoms with Crippen molar-refractivity contribution in [2.24, 2.45) is 5.73 Å². The van der Waals surface area contributed by atoms with Gasteiger partial charge in [0.1, 0.15) is 5.82 Å². The quantitative estimate of drug-likeness (QED) is 0.875. The van der Waals surface area contributed by atoms with E-state index < -0.39 is 17.8 Å². The Labute approximate surface area is 107 Å². The normalized spacial score (nSPS) is 12.5. The molecule has 1 aromatic rings. The molecule has 17 heavy (non-hydrogen) atoms. The molecule has 3 N–H and O–H groups in total. The Bertz CT molecular complexity index is 402. The second-order valence-corrected chi connectivity index (χ2v) is 4.45. The topological polar surface area (TPSA) is 72.5 Å². The van der Waals surface area contributed by atoms with Crippen LogP contribution in [0.1, 0.15) is 23.6 Å². The number of methoxy groups -OCH3 is 1. The highest BCUT2D eigenvalue weighted by atomic mass is 79.9. The van der Waals surface area contributed by atoms with Crippen LogP contribution in [0.5, 0.6) is 0 Å². The van der Waals surface area contributed by atoms with Crippen LogP contribution in [0.2, 0.25) is 0 Å². The zero-order chi connectivity index (χ0) is 13.0. The van der Waals surface area contributed by atoms with Gasteiger partial charge in [0.2, 0.25) is 0 Å². The van der Waals surface area contributed by atoms with E-state index in [0.717, 1.165) is 0 Å². The lowest BCUT2D eigenvalue weighted by atomic mass is 10.0. The summed E-state index contributed by atoms with van der Waals surface area (Å²) in [6.45, 7) is 0.140. The van der Waals surface area contributed by atoms with E-state index in [4.69, 9.17) is 15.6 Å². The lowest BCUT2D eigenvalue weighted by Crippen LogP contribution is -2.15. The predicted octanol–water partition coefficient (Wildman–Crippen LogP) is 2.21. The first kappa shape index (κ1) is 14.1. The van der Waals surface area contributed by atoms with Gasteiger partial charge in [0, 0.05) is 23.2 Å². The van der Waals surface area contributed by atoms with E-state index in [1.165, 1.54) is 13.2 Å². The van der Waals surface area contributed by atoms with Gasteiger partial charge in [0.05, 0.1) is 13.0 Å². The van der Waals surface area contributed by atoms with Crippen LogP contribution in [-0.2, 0) is 16.1 Å². The molecule has 94 valence electrons. The molecule has 0 aliphatic carbocycles. The number of hydrogen-bond donors (Lipinski definition) is 2. The second kappa shape index (κ2) is 6.09. The first-order chi connectivity index (χ1) is 7.95. The minimum atomic E-state index is -1.02. The SMILES string of the molecule is COCc1c(F)cc(C(N)CC(=O)O)cc1Br. The summed E-state index contributed by atoms with van der Waals surface area (Å²) in [7, 11) is 1.47. The van der Waals surface area contributed by atoms with E-state index in [-0.39, 0.29) is 13.0 Å². The molecule has 4 nitrogen and oxygen atoms in total. The lowest BCUT2D eigenvalue weighted by Gasteiger charge is -2.13. The largest absolute Gasteiger partial charge is 0.481 e. The molecular weight excluding hydrogens is 293 g/mol. The molecule has 0 amide bonds. The monoisotopic (exact) mass is 305 g/mol.